The van der Waals surface area contributed by atoms with Crippen molar-refractivity contribution in [2.75, 3.05) is 0 Å². The molecule has 0 aliphatic heterocycles. The minimum atomic E-state index is 0.00924. The Morgan fingerprint density at radius 2 is 1.91 bits per heavy atom. The first-order valence-electron chi connectivity index (χ1n) is 7.69. The van der Waals surface area contributed by atoms with Gasteiger partial charge in [0.15, 0.2) is 0 Å². The van der Waals surface area contributed by atoms with Crippen molar-refractivity contribution in [1.82, 2.24) is 19.7 Å². The molecule has 3 aromatic heterocycles. The standard InChI is InChI=1S/C18H16N4O/c1-2-9-22-16-10-13(12-5-7-19-8-6-12)3-4-14(16)17-15(18(22)23)11-20-21-17/h3-8,10-11H,2,9H2,1H3,(H,20,21). The van der Waals surface area contributed by atoms with Crippen molar-refractivity contribution >= 4 is 21.8 Å². The summed E-state index contributed by atoms with van der Waals surface area (Å²) in [5.74, 6) is 0. The molecule has 0 spiro atoms. The van der Waals surface area contributed by atoms with Crippen LogP contribution < -0.4 is 5.56 Å². The molecular weight excluding hydrogens is 288 g/mol. The van der Waals surface area contributed by atoms with E-state index in [4.69, 9.17) is 0 Å². The van der Waals surface area contributed by atoms with Gasteiger partial charge in [-0.2, -0.15) is 5.10 Å². The molecule has 5 heteroatoms. The molecule has 114 valence electrons. The van der Waals surface area contributed by atoms with Crippen LogP contribution in [-0.4, -0.2) is 19.7 Å². The molecule has 0 unspecified atom stereocenters. The molecule has 0 aliphatic carbocycles. The van der Waals surface area contributed by atoms with Crippen LogP contribution in [0.2, 0.25) is 0 Å². The van der Waals surface area contributed by atoms with Gasteiger partial charge in [0.25, 0.3) is 5.56 Å². The lowest BCUT2D eigenvalue weighted by Gasteiger charge is -2.12. The van der Waals surface area contributed by atoms with Crippen LogP contribution in [0, 0.1) is 0 Å². The summed E-state index contributed by atoms with van der Waals surface area (Å²) in [7, 11) is 0. The lowest BCUT2D eigenvalue weighted by atomic mass is 10.0. The summed E-state index contributed by atoms with van der Waals surface area (Å²) in [5.41, 5.74) is 3.90. The van der Waals surface area contributed by atoms with E-state index in [-0.39, 0.29) is 5.56 Å². The predicted molar refractivity (Wildman–Crippen MR) is 91.4 cm³/mol. The molecule has 1 N–H and O–H groups in total. The molecule has 0 amide bonds. The van der Waals surface area contributed by atoms with Gasteiger partial charge in [0.2, 0.25) is 0 Å². The maximum atomic E-state index is 12.7. The fourth-order valence-corrected chi connectivity index (χ4v) is 3.04. The number of pyridine rings is 2. The fraction of sp³-hybridized carbons (Fsp3) is 0.167. The molecule has 0 aliphatic rings. The third-order valence-corrected chi connectivity index (χ3v) is 4.13. The van der Waals surface area contributed by atoms with Crippen LogP contribution in [0.5, 0.6) is 0 Å². The van der Waals surface area contributed by atoms with Gasteiger partial charge in [-0.3, -0.25) is 14.9 Å². The summed E-state index contributed by atoms with van der Waals surface area (Å²) in [6.07, 6.45) is 6.06. The van der Waals surface area contributed by atoms with Crippen LogP contribution in [0.1, 0.15) is 13.3 Å². The number of hydrogen-bond acceptors (Lipinski definition) is 3. The lowest BCUT2D eigenvalue weighted by Crippen LogP contribution is -2.20. The summed E-state index contributed by atoms with van der Waals surface area (Å²) in [6.45, 7) is 2.76. The Labute approximate surface area is 132 Å². The molecule has 3 heterocycles. The van der Waals surface area contributed by atoms with Crippen molar-refractivity contribution in [3.63, 3.8) is 0 Å². The topological polar surface area (TPSA) is 63.6 Å². The minimum absolute atomic E-state index is 0.00924. The molecular formula is C18H16N4O. The van der Waals surface area contributed by atoms with Gasteiger partial charge in [0, 0.05) is 24.3 Å². The molecule has 1 aromatic carbocycles. The van der Waals surface area contributed by atoms with Crippen LogP contribution in [-0.2, 0) is 6.54 Å². The second-order valence-corrected chi connectivity index (χ2v) is 5.58. The maximum absolute atomic E-state index is 12.7. The third-order valence-electron chi connectivity index (χ3n) is 4.13. The number of nitrogens with one attached hydrogen (secondary N) is 1. The van der Waals surface area contributed by atoms with Crippen LogP contribution in [0.4, 0.5) is 0 Å². The monoisotopic (exact) mass is 304 g/mol. The SMILES string of the molecule is CCCn1c(=O)c2cn[nH]c2c2ccc(-c3ccncc3)cc21. The van der Waals surface area contributed by atoms with E-state index in [2.05, 4.69) is 40.3 Å². The zero-order valence-corrected chi connectivity index (χ0v) is 12.8. The number of aryl methyl sites for hydroxylation is 1. The van der Waals surface area contributed by atoms with Crippen LogP contribution in [0.15, 0.2) is 53.7 Å². The Morgan fingerprint density at radius 1 is 1.09 bits per heavy atom. The Balaban J connectivity index is 2.08. The van der Waals surface area contributed by atoms with E-state index < -0.39 is 0 Å². The maximum Gasteiger partial charge on any atom is 0.262 e. The molecule has 4 rings (SSSR count). The highest BCUT2D eigenvalue weighted by molar-refractivity contribution is 6.04. The average Bonchev–Trinajstić information content (AvgIpc) is 3.09. The summed E-state index contributed by atoms with van der Waals surface area (Å²) in [5, 5.41) is 8.66. The quantitative estimate of drug-likeness (QED) is 0.631. The van der Waals surface area contributed by atoms with E-state index in [0.717, 1.165) is 34.0 Å². The molecule has 0 saturated heterocycles. The van der Waals surface area contributed by atoms with Gasteiger partial charge in [0.05, 0.1) is 22.6 Å². The van der Waals surface area contributed by atoms with Gasteiger partial charge in [-0.15, -0.1) is 0 Å². The number of hydrogen-bond donors (Lipinski definition) is 1. The summed E-state index contributed by atoms with van der Waals surface area (Å²) in [4.78, 5) is 16.8. The van der Waals surface area contributed by atoms with Gasteiger partial charge >= 0.3 is 0 Å². The lowest BCUT2D eigenvalue weighted by molar-refractivity contribution is 0.683. The number of aromatic amines is 1. The summed E-state index contributed by atoms with van der Waals surface area (Å²) >= 11 is 0. The molecule has 0 radical (unpaired) electrons. The van der Waals surface area contributed by atoms with E-state index in [1.807, 2.05) is 16.7 Å². The molecule has 0 atom stereocenters. The van der Waals surface area contributed by atoms with Crippen molar-refractivity contribution in [3.8, 4) is 11.1 Å². The molecule has 23 heavy (non-hydrogen) atoms. The first-order valence-corrected chi connectivity index (χ1v) is 7.69. The smallest absolute Gasteiger partial charge is 0.262 e. The Morgan fingerprint density at radius 3 is 2.70 bits per heavy atom. The van der Waals surface area contributed by atoms with Crippen molar-refractivity contribution in [1.29, 1.82) is 0 Å². The third kappa shape index (κ3) is 2.12. The van der Waals surface area contributed by atoms with Crippen molar-refractivity contribution in [2.45, 2.75) is 19.9 Å². The van der Waals surface area contributed by atoms with Crippen molar-refractivity contribution in [2.24, 2.45) is 0 Å². The van der Waals surface area contributed by atoms with E-state index in [9.17, 15) is 4.79 Å². The minimum Gasteiger partial charge on any atom is -0.308 e. The van der Waals surface area contributed by atoms with Crippen LogP contribution >= 0.6 is 0 Å². The fourth-order valence-electron chi connectivity index (χ4n) is 3.04. The summed E-state index contributed by atoms with van der Waals surface area (Å²) < 4.78 is 1.85. The predicted octanol–water partition coefficient (Wildman–Crippen LogP) is 3.35. The van der Waals surface area contributed by atoms with E-state index in [1.165, 1.54) is 0 Å². The number of benzene rings is 1. The highest BCUT2D eigenvalue weighted by Crippen LogP contribution is 2.27. The number of rotatable bonds is 3. The van der Waals surface area contributed by atoms with Gasteiger partial charge in [0.1, 0.15) is 0 Å². The molecule has 5 nitrogen and oxygen atoms in total. The Bertz CT molecular complexity index is 1050. The van der Waals surface area contributed by atoms with Gasteiger partial charge in [-0.05, 0) is 35.7 Å². The van der Waals surface area contributed by atoms with Gasteiger partial charge in [-0.25, -0.2) is 0 Å². The van der Waals surface area contributed by atoms with E-state index in [1.54, 1.807) is 18.6 Å². The van der Waals surface area contributed by atoms with Gasteiger partial charge < -0.3 is 4.57 Å². The summed E-state index contributed by atoms with van der Waals surface area (Å²) in [6, 6.07) is 10.1. The Kier molecular flexibility index (Phi) is 3.19. The average molecular weight is 304 g/mol. The number of fused-ring (bicyclic) bond motifs is 3. The van der Waals surface area contributed by atoms with Crippen LogP contribution in [0.3, 0.4) is 0 Å². The molecule has 0 bridgehead atoms. The second kappa shape index (κ2) is 5.35. The first-order chi connectivity index (χ1) is 11.3. The van der Waals surface area contributed by atoms with E-state index >= 15 is 0 Å². The highest BCUT2D eigenvalue weighted by atomic mass is 16.1. The van der Waals surface area contributed by atoms with Crippen molar-refractivity contribution in [3.05, 3.63) is 59.3 Å². The normalized spacial score (nSPS) is 11.3. The zero-order chi connectivity index (χ0) is 15.8. The number of nitrogens with zero attached hydrogens (tertiary/aromatic N) is 3. The molecule has 0 saturated carbocycles. The van der Waals surface area contributed by atoms with E-state index in [0.29, 0.717) is 11.9 Å². The second-order valence-electron chi connectivity index (χ2n) is 5.58. The largest absolute Gasteiger partial charge is 0.308 e. The first kappa shape index (κ1) is 13.7. The molecule has 4 aromatic rings. The van der Waals surface area contributed by atoms with Gasteiger partial charge in [-0.1, -0.05) is 19.1 Å². The number of H-pyrrole nitrogens is 1. The zero-order valence-electron chi connectivity index (χ0n) is 12.8. The van der Waals surface area contributed by atoms with Crippen LogP contribution in [0.25, 0.3) is 32.9 Å². The van der Waals surface area contributed by atoms with Crippen molar-refractivity contribution < 1.29 is 0 Å². The number of aromatic nitrogens is 4. The highest BCUT2D eigenvalue weighted by Gasteiger charge is 2.12. The molecule has 0 fully saturated rings. The Hall–Kier alpha value is -2.95.